The van der Waals surface area contributed by atoms with Crippen LogP contribution in [0, 0.1) is 17.0 Å². The van der Waals surface area contributed by atoms with E-state index in [1.54, 1.807) is 31.2 Å². The van der Waals surface area contributed by atoms with Crippen molar-refractivity contribution in [3.8, 4) is 0 Å². The lowest BCUT2D eigenvalue weighted by Crippen LogP contribution is -2.29. The lowest BCUT2D eigenvalue weighted by atomic mass is 10.2. The molecule has 22 heavy (non-hydrogen) atoms. The highest BCUT2D eigenvalue weighted by Gasteiger charge is 2.19. The lowest BCUT2D eigenvalue weighted by molar-refractivity contribution is -0.383. The third-order valence-electron chi connectivity index (χ3n) is 2.95. The first-order valence-corrected chi connectivity index (χ1v) is 6.40. The molecule has 0 spiro atoms. The number of amides is 2. The summed E-state index contributed by atoms with van der Waals surface area (Å²) in [7, 11) is 0. The van der Waals surface area contributed by atoms with Crippen molar-refractivity contribution < 1.29 is 14.5 Å². The molecule has 0 saturated heterocycles. The van der Waals surface area contributed by atoms with E-state index >= 15 is 0 Å². The Morgan fingerprint density at radius 2 is 1.41 bits per heavy atom. The molecule has 0 aliphatic rings. The van der Waals surface area contributed by atoms with Crippen LogP contribution in [0.1, 0.15) is 5.56 Å². The summed E-state index contributed by atoms with van der Waals surface area (Å²) in [6, 6.07) is 12.6. The van der Waals surface area contributed by atoms with Crippen LogP contribution in [0.4, 0.5) is 17.1 Å². The van der Waals surface area contributed by atoms with Gasteiger partial charge in [0.15, 0.2) is 0 Å². The van der Waals surface area contributed by atoms with Crippen LogP contribution in [0.25, 0.3) is 0 Å². The zero-order valence-electron chi connectivity index (χ0n) is 11.7. The number of para-hydroxylation sites is 3. The van der Waals surface area contributed by atoms with Gasteiger partial charge in [0, 0.05) is 11.8 Å². The number of anilines is 2. The number of carbonyl (C=O) groups is 2. The number of hydrogen-bond donors (Lipinski definition) is 2. The van der Waals surface area contributed by atoms with Crippen molar-refractivity contribution in [2.24, 2.45) is 0 Å². The van der Waals surface area contributed by atoms with Gasteiger partial charge in [0.2, 0.25) is 0 Å². The highest BCUT2D eigenvalue weighted by Crippen LogP contribution is 2.23. The normalized spacial score (nSPS) is 9.86. The Morgan fingerprint density at radius 3 is 2.00 bits per heavy atom. The number of hydrogen-bond acceptors (Lipinski definition) is 4. The zero-order chi connectivity index (χ0) is 16.1. The molecule has 0 bridgehead atoms. The number of nitrogens with zero attached hydrogens (tertiary/aromatic N) is 1. The number of nitro benzene ring substituents is 1. The van der Waals surface area contributed by atoms with E-state index in [2.05, 4.69) is 10.6 Å². The largest absolute Gasteiger partial charge is 0.318 e. The number of benzene rings is 2. The van der Waals surface area contributed by atoms with Gasteiger partial charge in [-0.3, -0.25) is 19.7 Å². The topological polar surface area (TPSA) is 101 Å². The molecule has 112 valence electrons. The molecular weight excluding hydrogens is 286 g/mol. The fraction of sp³-hybridized carbons (Fsp3) is 0.0667. The summed E-state index contributed by atoms with van der Waals surface area (Å²) in [5, 5.41) is 15.6. The Labute approximate surface area is 126 Å². The highest BCUT2D eigenvalue weighted by atomic mass is 16.6. The Balaban J connectivity index is 2.11. The standard InChI is InChI=1S/C15H13N3O4/c1-10-6-2-3-7-11(10)16-14(19)15(20)17-12-8-4-5-9-13(12)18(21)22/h2-9H,1H3,(H,16,19)(H,17,20). The van der Waals surface area contributed by atoms with Gasteiger partial charge >= 0.3 is 11.8 Å². The van der Waals surface area contributed by atoms with Crippen molar-refractivity contribution in [2.45, 2.75) is 6.92 Å². The van der Waals surface area contributed by atoms with Gasteiger partial charge in [-0.05, 0) is 24.6 Å². The second kappa shape index (κ2) is 6.49. The van der Waals surface area contributed by atoms with Gasteiger partial charge in [0.1, 0.15) is 5.69 Å². The molecular formula is C15H13N3O4. The molecule has 0 atom stereocenters. The van der Waals surface area contributed by atoms with E-state index in [0.717, 1.165) is 5.56 Å². The Bertz CT molecular complexity index is 743. The Morgan fingerprint density at radius 1 is 0.909 bits per heavy atom. The van der Waals surface area contributed by atoms with Crippen molar-refractivity contribution in [2.75, 3.05) is 10.6 Å². The van der Waals surface area contributed by atoms with Crippen LogP contribution in [-0.2, 0) is 9.59 Å². The monoisotopic (exact) mass is 299 g/mol. The van der Waals surface area contributed by atoms with E-state index in [-0.39, 0.29) is 11.4 Å². The maximum atomic E-state index is 11.9. The smallest absolute Gasteiger partial charge is 0.314 e. The summed E-state index contributed by atoms with van der Waals surface area (Å²) in [6.45, 7) is 1.79. The summed E-state index contributed by atoms with van der Waals surface area (Å²) in [4.78, 5) is 33.9. The van der Waals surface area contributed by atoms with E-state index < -0.39 is 16.7 Å². The van der Waals surface area contributed by atoms with Crippen molar-refractivity contribution >= 4 is 28.9 Å². The second-order valence-electron chi connectivity index (χ2n) is 4.50. The van der Waals surface area contributed by atoms with Crippen LogP contribution >= 0.6 is 0 Å². The minimum absolute atomic E-state index is 0.0302. The van der Waals surface area contributed by atoms with Gasteiger partial charge in [-0.15, -0.1) is 0 Å². The maximum Gasteiger partial charge on any atom is 0.314 e. The first-order valence-electron chi connectivity index (χ1n) is 6.40. The SMILES string of the molecule is Cc1ccccc1NC(=O)C(=O)Nc1ccccc1[N+](=O)[O-]. The van der Waals surface area contributed by atoms with Crippen LogP contribution in [0.5, 0.6) is 0 Å². The molecule has 7 heteroatoms. The average Bonchev–Trinajstić information content (AvgIpc) is 2.49. The number of rotatable bonds is 3. The molecule has 0 heterocycles. The molecule has 2 aromatic carbocycles. The summed E-state index contributed by atoms with van der Waals surface area (Å²) < 4.78 is 0. The molecule has 2 N–H and O–H groups in total. The predicted molar refractivity (Wildman–Crippen MR) is 81.5 cm³/mol. The number of nitrogens with one attached hydrogen (secondary N) is 2. The molecule has 0 aliphatic carbocycles. The maximum absolute atomic E-state index is 11.9. The van der Waals surface area contributed by atoms with Crippen LogP contribution in [0.15, 0.2) is 48.5 Å². The summed E-state index contributed by atoms with van der Waals surface area (Å²) >= 11 is 0. The second-order valence-corrected chi connectivity index (χ2v) is 4.50. The first kappa shape index (κ1) is 15.2. The fourth-order valence-corrected chi connectivity index (χ4v) is 1.81. The third-order valence-corrected chi connectivity index (χ3v) is 2.95. The molecule has 0 radical (unpaired) electrons. The molecule has 0 fully saturated rings. The van der Waals surface area contributed by atoms with E-state index in [1.165, 1.54) is 24.3 Å². The molecule has 2 aromatic rings. The lowest BCUT2D eigenvalue weighted by Gasteiger charge is -2.08. The molecule has 0 unspecified atom stereocenters. The summed E-state index contributed by atoms with van der Waals surface area (Å²) in [5.41, 5.74) is 0.997. The number of aryl methyl sites for hydroxylation is 1. The van der Waals surface area contributed by atoms with Gasteiger partial charge < -0.3 is 10.6 Å². The highest BCUT2D eigenvalue weighted by molar-refractivity contribution is 6.43. The van der Waals surface area contributed by atoms with Crippen LogP contribution < -0.4 is 10.6 Å². The van der Waals surface area contributed by atoms with Gasteiger partial charge in [0.05, 0.1) is 4.92 Å². The van der Waals surface area contributed by atoms with Gasteiger partial charge in [-0.1, -0.05) is 30.3 Å². The van der Waals surface area contributed by atoms with Crippen LogP contribution in [0.2, 0.25) is 0 Å². The van der Waals surface area contributed by atoms with Crippen molar-refractivity contribution in [3.05, 3.63) is 64.2 Å². The molecule has 2 amide bonds. The van der Waals surface area contributed by atoms with E-state index in [0.29, 0.717) is 5.69 Å². The number of nitro groups is 1. The predicted octanol–water partition coefficient (Wildman–Crippen LogP) is 2.48. The minimum Gasteiger partial charge on any atom is -0.318 e. The van der Waals surface area contributed by atoms with Gasteiger partial charge in [-0.25, -0.2) is 0 Å². The molecule has 2 rings (SSSR count). The molecule has 0 aliphatic heterocycles. The fourth-order valence-electron chi connectivity index (χ4n) is 1.81. The van der Waals surface area contributed by atoms with Crippen LogP contribution in [-0.4, -0.2) is 16.7 Å². The van der Waals surface area contributed by atoms with E-state index in [1.807, 2.05) is 0 Å². The Hall–Kier alpha value is -3.22. The van der Waals surface area contributed by atoms with Crippen molar-refractivity contribution in [3.63, 3.8) is 0 Å². The molecule has 0 aromatic heterocycles. The third kappa shape index (κ3) is 3.45. The average molecular weight is 299 g/mol. The van der Waals surface area contributed by atoms with E-state index in [4.69, 9.17) is 0 Å². The number of carbonyl (C=O) groups excluding carboxylic acids is 2. The van der Waals surface area contributed by atoms with Crippen LogP contribution in [0.3, 0.4) is 0 Å². The van der Waals surface area contributed by atoms with Gasteiger partial charge in [0.25, 0.3) is 5.69 Å². The van der Waals surface area contributed by atoms with Crippen molar-refractivity contribution in [1.29, 1.82) is 0 Å². The summed E-state index contributed by atoms with van der Waals surface area (Å²) in [5.74, 6) is -1.87. The zero-order valence-corrected chi connectivity index (χ0v) is 11.7. The van der Waals surface area contributed by atoms with Crippen molar-refractivity contribution in [1.82, 2.24) is 0 Å². The minimum atomic E-state index is -0.974. The molecule has 0 saturated carbocycles. The van der Waals surface area contributed by atoms with Gasteiger partial charge in [-0.2, -0.15) is 0 Å². The molecule has 7 nitrogen and oxygen atoms in total. The Kier molecular flexibility index (Phi) is 4.47. The van der Waals surface area contributed by atoms with E-state index in [9.17, 15) is 19.7 Å². The summed E-state index contributed by atoms with van der Waals surface area (Å²) in [6.07, 6.45) is 0. The quantitative estimate of drug-likeness (QED) is 0.516. The first-order chi connectivity index (χ1) is 10.5.